The van der Waals surface area contributed by atoms with Crippen molar-refractivity contribution in [3.63, 3.8) is 0 Å². The van der Waals surface area contributed by atoms with E-state index in [4.69, 9.17) is 0 Å². The Balaban J connectivity index is 1.53. The van der Waals surface area contributed by atoms with E-state index in [0.717, 1.165) is 25.3 Å². The number of likely N-dealkylation sites (N-methyl/N-ethyl adjacent to an activating group) is 1. The quantitative estimate of drug-likeness (QED) is 0.357. The summed E-state index contributed by atoms with van der Waals surface area (Å²) in [5.74, 6) is -0.206. The zero-order valence-corrected chi connectivity index (χ0v) is 20.2. The first kappa shape index (κ1) is 22.4. The lowest BCUT2D eigenvalue weighted by atomic mass is 9.81. The zero-order valence-electron chi connectivity index (χ0n) is 20.2. The second kappa shape index (κ2) is 8.76. The van der Waals surface area contributed by atoms with Crippen LogP contribution in [0.2, 0.25) is 0 Å². The van der Waals surface area contributed by atoms with Gasteiger partial charge in [-0.25, -0.2) is 0 Å². The average Bonchev–Trinajstić information content (AvgIpc) is 3.24. The molecule has 2 unspecified atom stereocenters. The molecule has 174 valence electrons. The van der Waals surface area contributed by atoms with Crippen LogP contribution >= 0.6 is 0 Å². The number of hydrogen-bond acceptors (Lipinski definition) is 5. The van der Waals surface area contributed by atoms with E-state index >= 15 is 0 Å². The van der Waals surface area contributed by atoms with E-state index < -0.39 is 0 Å². The summed E-state index contributed by atoms with van der Waals surface area (Å²) in [6.45, 7) is 11.7. The van der Waals surface area contributed by atoms with Crippen molar-refractivity contribution in [2.45, 2.75) is 46.2 Å². The fraction of sp³-hybridized carbons (Fsp3) is 0.357. The Morgan fingerprint density at radius 2 is 1.74 bits per heavy atom. The summed E-state index contributed by atoms with van der Waals surface area (Å²) in [5.41, 5.74) is 5.65. The maximum absolute atomic E-state index is 13.7. The number of ketones is 2. The highest BCUT2D eigenvalue weighted by atomic mass is 16.1. The van der Waals surface area contributed by atoms with Crippen LogP contribution in [0.5, 0.6) is 0 Å². The van der Waals surface area contributed by atoms with Crippen LogP contribution in [0.15, 0.2) is 58.9 Å². The number of rotatable bonds is 6. The average molecular weight is 455 g/mol. The molecule has 5 rings (SSSR count). The predicted molar refractivity (Wildman–Crippen MR) is 133 cm³/mol. The van der Waals surface area contributed by atoms with E-state index in [1.165, 1.54) is 11.1 Å². The summed E-state index contributed by atoms with van der Waals surface area (Å²) in [6.07, 6.45) is 1.86. The maximum Gasteiger partial charge on any atom is 0.198 e. The highest BCUT2D eigenvalue weighted by Gasteiger charge is 2.39. The number of hydrogen-bond donors (Lipinski definition) is 0. The highest BCUT2D eigenvalue weighted by molar-refractivity contribution is 6.30. The minimum atomic E-state index is -0.145. The monoisotopic (exact) mass is 454 g/mol. The first-order chi connectivity index (χ1) is 16.4. The lowest BCUT2D eigenvalue weighted by Gasteiger charge is -2.27. The van der Waals surface area contributed by atoms with Gasteiger partial charge in [-0.3, -0.25) is 9.59 Å². The van der Waals surface area contributed by atoms with Gasteiger partial charge in [-0.05, 0) is 37.2 Å². The third-order valence-corrected chi connectivity index (χ3v) is 7.16. The van der Waals surface area contributed by atoms with E-state index in [1.54, 1.807) is 18.2 Å². The smallest absolute Gasteiger partial charge is 0.198 e. The number of carbonyl (C=O) groups is 2. The van der Waals surface area contributed by atoms with Gasteiger partial charge in [0.05, 0.1) is 28.4 Å². The van der Waals surface area contributed by atoms with Gasteiger partial charge in [-0.1, -0.05) is 57.2 Å². The van der Waals surface area contributed by atoms with Crippen molar-refractivity contribution in [2.75, 3.05) is 19.6 Å². The third kappa shape index (κ3) is 3.53. The van der Waals surface area contributed by atoms with Crippen LogP contribution in [0.1, 0.15) is 82.3 Å². The van der Waals surface area contributed by atoms with Gasteiger partial charge in [0.25, 0.3) is 0 Å². The Bertz CT molecular complexity index is 1320. The van der Waals surface area contributed by atoms with Gasteiger partial charge in [0.15, 0.2) is 11.6 Å². The molecule has 2 atom stereocenters. The number of benzene rings is 2. The van der Waals surface area contributed by atoms with Crippen molar-refractivity contribution in [3.05, 3.63) is 87.7 Å². The number of fused-ring (bicyclic) bond motifs is 5. The minimum absolute atomic E-state index is 0.0122. The van der Waals surface area contributed by atoms with Gasteiger partial charge < -0.3 is 9.47 Å². The molecular formula is C28H30N4O2. The Morgan fingerprint density at radius 1 is 1.00 bits per heavy atom. The molecule has 1 aliphatic carbocycles. The molecule has 3 aromatic rings. The van der Waals surface area contributed by atoms with Crippen LogP contribution in [0.3, 0.4) is 0 Å². The van der Waals surface area contributed by atoms with Crippen molar-refractivity contribution < 1.29 is 9.59 Å². The summed E-state index contributed by atoms with van der Waals surface area (Å²) in [4.78, 5) is 29.7. The van der Waals surface area contributed by atoms with Crippen molar-refractivity contribution in [1.29, 1.82) is 0 Å². The molecule has 2 aromatic carbocycles. The van der Waals surface area contributed by atoms with Crippen molar-refractivity contribution >= 4 is 17.3 Å². The van der Waals surface area contributed by atoms with E-state index in [-0.39, 0.29) is 23.5 Å². The van der Waals surface area contributed by atoms with E-state index in [1.807, 2.05) is 25.3 Å². The van der Waals surface area contributed by atoms with E-state index in [2.05, 4.69) is 52.6 Å². The second-order valence-electron chi connectivity index (χ2n) is 9.26. The lowest BCUT2D eigenvalue weighted by molar-refractivity contribution is 0.0979. The van der Waals surface area contributed by atoms with Gasteiger partial charge in [-0.2, -0.15) is 10.2 Å². The van der Waals surface area contributed by atoms with Gasteiger partial charge in [0, 0.05) is 36.5 Å². The molecule has 0 saturated heterocycles. The molecule has 0 amide bonds. The standard InChI is InChI=1S/C28H30N4O2/c1-5-31(6-2)14-17(3)29-30-23-13-9-12-21-24(23)28(34)22-16-32-15-19-10-7-8-11-20(19)18(4)26(32)25(22)27(21)33/h7-13,16-18H,5-6,14-15H2,1-4H3. The molecular weight excluding hydrogens is 424 g/mol. The number of aromatic nitrogens is 1. The highest BCUT2D eigenvalue weighted by Crippen LogP contribution is 2.42. The van der Waals surface area contributed by atoms with Crippen LogP contribution in [0.4, 0.5) is 5.69 Å². The van der Waals surface area contributed by atoms with Gasteiger partial charge in [-0.15, -0.1) is 0 Å². The Morgan fingerprint density at radius 3 is 2.50 bits per heavy atom. The molecule has 2 heterocycles. The second-order valence-corrected chi connectivity index (χ2v) is 9.26. The molecule has 34 heavy (non-hydrogen) atoms. The lowest BCUT2D eigenvalue weighted by Crippen LogP contribution is -2.29. The number of azo groups is 1. The first-order valence-electron chi connectivity index (χ1n) is 12.1. The summed E-state index contributed by atoms with van der Waals surface area (Å²) in [5, 5.41) is 8.92. The molecule has 0 saturated carbocycles. The first-order valence-corrected chi connectivity index (χ1v) is 12.1. The van der Waals surface area contributed by atoms with Gasteiger partial charge in [0.1, 0.15) is 0 Å². The minimum Gasteiger partial charge on any atom is -0.345 e. The molecule has 1 aromatic heterocycles. The maximum atomic E-state index is 13.7. The van der Waals surface area contributed by atoms with Crippen LogP contribution < -0.4 is 0 Å². The normalized spacial score (nSPS) is 17.5. The zero-order chi connectivity index (χ0) is 24.0. The summed E-state index contributed by atoms with van der Waals surface area (Å²) in [6, 6.07) is 13.6. The molecule has 6 heteroatoms. The molecule has 0 fully saturated rings. The van der Waals surface area contributed by atoms with E-state index in [0.29, 0.717) is 34.5 Å². The third-order valence-electron chi connectivity index (χ3n) is 7.16. The summed E-state index contributed by atoms with van der Waals surface area (Å²) < 4.78 is 2.08. The van der Waals surface area contributed by atoms with Crippen LogP contribution in [-0.2, 0) is 6.54 Å². The van der Waals surface area contributed by atoms with Crippen LogP contribution in [0.25, 0.3) is 0 Å². The Hall–Kier alpha value is -3.38. The molecule has 1 aliphatic heterocycles. The fourth-order valence-corrected chi connectivity index (χ4v) is 5.38. The summed E-state index contributed by atoms with van der Waals surface area (Å²) in [7, 11) is 0. The fourth-order valence-electron chi connectivity index (χ4n) is 5.38. The van der Waals surface area contributed by atoms with Gasteiger partial charge in [0.2, 0.25) is 0 Å². The Kier molecular flexibility index (Phi) is 5.78. The molecule has 0 spiro atoms. The molecule has 0 bridgehead atoms. The van der Waals surface area contributed by atoms with E-state index in [9.17, 15) is 9.59 Å². The molecule has 6 nitrogen and oxygen atoms in total. The van der Waals surface area contributed by atoms with Crippen LogP contribution in [0, 0.1) is 0 Å². The van der Waals surface area contributed by atoms with Crippen molar-refractivity contribution in [2.24, 2.45) is 10.2 Å². The van der Waals surface area contributed by atoms with Crippen molar-refractivity contribution in [3.8, 4) is 0 Å². The number of carbonyl (C=O) groups excluding carboxylic acids is 2. The van der Waals surface area contributed by atoms with Crippen LogP contribution in [-0.4, -0.2) is 46.7 Å². The van der Waals surface area contributed by atoms with Crippen molar-refractivity contribution in [1.82, 2.24) is 9.47 Å². The molecule has 0 N–H and O–H groups in total. The molecule has 2 aliphatic rings. The largest absolute Gasteiger partial charge is 0.345 e. The predicted octanol–water partition coefficient (Wildman–Crippen LogP) is 5.59. The SMILES string of the molecule is CCN(CC)CC(C)N=Nc1cccc2c1C(=O)c1cn3c(c1C2=O)C(C)c1ccccc1C3. The Labute approximate surface area is 200 Å². The number of nitrogens with zero attached hydrogens (tertiary/aromatic N) is 4. The summed E-state index contributed by atoms with van der Waals surface area (Å²) >= 11 is 0. The van der Waals surface area contributed by atoms with Gasteiger partial charge >= 0.3 is 0 Å². The topological polar surface area (TPSA) is 67.0 Å². The molecule has 0 radical (unpaired) electrons.